The van der Waals surface area contributed by atoms with Gasteiger partial charge in [0, 0.05) is 50.3 Å². The lowest BCUT2D eigenvalue weighted by molar-refractivity contribution is 0.203. The molecule has 0 saturated carbocycles. The molecule has 1 aliphatic heterocycles. The van der Waals surface area contributed by atoms with Gasteiger partial charge in [0.2, 0.25) is 0 Å². The number of hydrogen-bond donors (Lipinski definition) is 1. The number of rotatable bonds is 7. The van der Waals surface area contributed by atoms with Crippen LogP contribution in [0.3, 0.4) is 0 Å². The molecule has 0 amide bonds. The summed E-state index contributed by atoms with van der Waals surface area (Å²) in [5.74, 6) is 3.31. The van der Waals surface area contributed by atoms with Gasteiger partial charge in [0.25, 0.3) is 0 Å². The average Bonchev–Trinajstić information content (AvgIpc) is 2.26. The Morgan fingerprint density at radius 2 is 2.06 bits per heavy atom. The molecule has 0 radical (unpaired) electrons. The van der Waals surface area contributed by atoms with Crippen molar-refractivity contribution in [1.82, 2.24) is 15.1 Å². The Morgan fingerprint density at radius 3 is 2.59 bits per heavy atom. The summed E-state index contributed by atoms with van der Waals surface area (Å²) in [6.07, 6.45) is 0. The van der Waals surface area contributed by atoms with E-state index in [1.165, 1.54) is 37.7 Å². The number of nitrogens with one attached hydrogen (secondary N) is 1. The highest BCUT2D eigenvalue weighted by Gasteiger charge is 2.17. The maximum absolute atomic E-state index is 3.63. The standard InChI is InChI=1S/C13H29N3S/c1-12(2)9-16(7-6-15(3)4)10-13-11-17-8-5-14-13/h12-14H,5-11H2,1-4H3. The topological polar surface area (TPSA) is 18.5 Å². The lowest BCUT2D eigenvalue weighted by Gasteiger charge is -2.32. The van der Waals surface area contributed by atoms with Gasteiger partial charge in [-0.3, -0.25) is 0 Å². The van der Waals surface area contributed by atoms with E-state index in [0.29, 0.717) is 6.04 Å². The van der Waals surface area contributed by atoms with Gasteiger partial charge in [-0.2, -0.15) is 11.8 Å². The summed E-state index contributed by atoms with van der Waals surface area (Å²) in [5, 5.41) is 3.63. The van der Waals surface area contributed by atoms with Crippen LogP contribution < -0.4 is 5.32 Å². The minimum absolute atomic E-state index is 0.690. The zero-order chi connectivity index (χ0) is 12.7. The first-order valence-corrected chi connectivity index (χ1v) is 7.91. The van der Waals surface area contributed by atoms with E-state index in [9.17, 15) is 0 Å². The van der Waals surface area contributed by atoms with Crippen LogP contribution in [0.25, 0.3) is 0 Å². The first-order chi connectivity index (χ1) is 8.08. The minimum Gasteiger partial charge on any atom is -0.311 e. The van der Waals surface area contributed by atoms with Crippen LogP contribution in [0.15, 0.2) is 0 Å². The first-order valence-electron chi connectivity index (χ1n) is 6.76. The van der Waals surface area contributed by atoms with E-state index in [2.05, 4.69) is 54.8 Å². The lowest BCUT2D eigenvalue weighted by Crippen LogP contribution is -2.48. The molecular formula is C13H29N3S. The molecule has 1 rings (SSSR count). The number of nitrogens with zero attached hydrogens (tertiary/aromatic N) is 2. The highest BCUT2D eigenvalue weighted by atomic mass is 32.2. The molecule has 0 bridgehead atoms. The van der Waals surface area contributed by atoms with Gasteiger partial charge in [-0.05, 0) is 20.0 Å². The molecule has 102 valence electrons. The second-order valence-corrected chi connectivity index (χ2v) is 6.83. The number of thioether (sulfide) groups is 1. The van der Waals surface area contributed by atoms with Crippen LogP contribution in [0.5, 0.6) is 0 Å². The zero-order valence-corrected chi connectivity index (χ0v) is 12.7. The molecule has 4 heteroatoms. The van der Waals surface area contributed by atoms with E-state index in [1.54, 1.807) is 0 Å². The van der Waals surface area contributed by atoms with E-state index in [4.69, 9.17) is 0 Å². The molecule has 3 nitrogen and oxygen atoms in total. The van der Waals surface area contributed by atoms with E-state index >= 15 is 0 Å². The fraction of sp³-hybridized carbons (Fsp3) is 1.00. The molecule has 0 aliphatic carbocycles. The van der Waals surface area contributed by atoms with Crippen LogP contribution in [0.2, 0.25) is 0 Å². The van der Waals surface area contributed by atoms with E-state index in [0.717, 1.165) is 12.5 Å². The number of hydrogen-bond acceptors (Lipinski definition) is 4. The van der Waals surface area contributed by atoms with Crippen LogP contribution in [-0.2, 0) is 0 Å². The van der Waals surface area contributed by atoms with Crippen molar-refractivity contribution in [3.63, 3.8) is 0 Å². The van der Waals surface area contributed by atoms with Crippen LogP contribution in [0.4, 0.5) is 0 Å². The SMILES string of the molecule is CC(C)CN(CCN(C)C)CC1CSCCN1. The van der Waals surface area contributed by atoms with Crippen LogP contribution >= 0.6 is 11.8 Å². The smallest absolute Gasteiger partial charge is 0.0285 e. The Kier molecular flexibility index (Phi) is 7.51. The largest absolute Gasteiger partial charge is 0.311 e. The van der Waals surface area contributed by atoms with Crippen LogP contribution in [-0.4, -0.2) is 74.2 Å². The summed E-state index contributed by atoms with van der Waals surface area (Å²) >= 11 is 2.09. The molecule has 0 aromatic carbocycles. The maximum Gasteiger partial charge on any atom is 0.0285 e. The van der Waals surface area contributed by atoms with Crippen molar-refractivity contribution in [1.29, 1.82) is 0 Å². The van der Waals surface area contributed by atoms with Gasteiger partial charge in [0.15, 0.2) is 0 Å². The second-order valence-electron chi connectivity index (χ2n) is 5.68. The zero-order valence-electron chi connectivity index (χ0n) is 11.9. The molecule has 1 N–H and O–H groups in total. The van der Waals surface area contributed by atoms with Crippen molar-refractivity contribution in [2.45, 2.75) is 19.9 Å². The normalized spacial score (nSPS) is 21.7. The molecule has 0 aromatic heterocycles. The highest BCUT2D eigenvalue weighted by molar-refractivity contribution is 7.99. The summed E-state index contributed by atoms with van der Waals surface area (Å²) in [6.45, 7) is 10.6. The molecule has 1 aliphatic rings. The lowest BCUT2D eigenvalue weighted by atomic mass is 10.2. The third-order valence-electron chi connectivity index (χ3n) is 2.96. The Balaban J connectivity index is 2.32. The average molecular weight is 259 g/mol. The third kappa shape index (κ3) is 7.29. The summed E-state index contributed by atoms with van der Waals surface area (Å²) < 4.78 is 0. The Morgan fingerprint density at radius 1 is 1.29 bits per heavy atom. The van der Waals surface area contributed by atoms with E-state index < -0.39 is 0 Å². The Bertz CT molecular complexity index is 191. The van der Waals surface area contributed by atoms with Crippen LogP contribution in [0.1, 0.15) is 13.8 Å². The van der Waals surface area contributed by atoms with Gasteiger partial charge in [-0.1, -0.05) is 13.8 Å². The molecule has 1 unspecified atom stereocenters. The van der Waals surface area contributed by atoms with Crippen molar-refractivity contribution < 1.29 is 0 Å². The summed E-state index contributed by atoms with van der Waals surface area (Å²) in [7, 11) is 4.31. The van der Waals surface area contributed by atoms with E-state index in [-0.39, 0.29) is 0 Å². The van der Waals surface area contributed by atoms with Gasteiger partial charge in [-0.15, -0.1) is 0 Å². The molecule has 0 spiro atoms. The van der Waals surface area contributed by atoms with Gasteiger partial charge < -0.3 is 15.1 Å². The predicted octanol–water partition coefficient (Wildman–Crippen LogP) is 1.21. The quantitative estimate of drug-likeness (QED) is 0.740. The maximum atomic E-state index is 3.63. The van der Waals surface area contributed by atoms with Gasteiger partial charge in [0.1, 0.15) is 0 Å². The molecule has 17 heavy (non-hydrogen) atoms. The van der Waals surface area contributed by atoms with E-state index in [1.807, 2.05) is 0 Å². The molecular weight excluding hydrogens is 230 g/mol. The van der Waals surface area contributed by atoms with Crippen LogP contribution in [0, 0.1) is 5.92 Å². The fourth-order valence-corrected chi connectivity index (χ4v) is 3.10. The van der Waals surface area contributed by atoms with Gasteiger partial charge >= 0.3 is 0 Å². The monoisotopic (exact) mass is 259 g/mol. The summed E-state index contributed by atoms with van der Waals surface area (Å²) in [6, 6.07) is 0.690. The second kappa shape index (κ2) is 8.35. The molecule has 1 fully saturated rings. The van der Waals surface area contributed by atoms with Crippen molar-refractivity contribution >= 4 is 11.8 Å². The molecule has 1 saturated heterocycles. The fourth-order valence-electron chi connectivity index (χ4n) is 2.16. The Hall–Kier alpha value is 0.230. The third-order valence-corrected chi connectivity index (χ3v) is 4.09. The van der Waals surface area contributed by atoms with Crippen molar-refractivity contribution in [3.05, 3.63) is 0 Å². The highest BCUT2D eigenvalue weighted by Crippen LogP contribution is 2.10. The minimum atomic E-state index is 0.690. The first kappa shape index (κ1) is 15.3. The summed E-state index contributed by atoms with van der Waals surface area (Å²) in [5.41, 5.74) is 0. The predicted molar refractivity (Wildman–Crippen MR) is 78.9 cm³/mol. The van der Waals surface area contributed by atoms with Gasteiger partial charge in [0.05, 0.1) is 0 Å². The van der Waals surface area contributed by atoms with Crippen molar-refractivity contribution in [3.8, 4) is 0 Å². The Labute approximate surface area is 111 Å². The van der Waals surface area contributed by atoms with Crippen molar-refractivity contribution in [2.75, 3.05) is 58.3 Å². The van der Waals surface area contributed by atoms with Gasteiger partial charge in [-0.25, -0.2) is 0 Å². The van der Waals surface area contributed by atoms with Crippen molar-refractivity contribution in [2.24, 2.45) is 5.92 Å². The summed E-state index contributed by atoms with van der Waals surface area (Å²) in [4.78, 5) is 4.89. The number of likely N-dealkylation sites (N-methyl/N-ethyl adjacent to an activating group) is 1. The molecule has 1 heterocycles. The molecule has 1 atom stereocenters. The molecule has 0 aromatic rings.